The van der Waals surface area contributed by atoms with Gasteiger partial charge in [-0.25, -0.2) is 0 Å². The molecule has 3 rings (SSSR count). The summed E-state index contributed by atoms with van der Waals surface area (Å²) in [4.78, 5) is 0. The third-order valence-corrected chi connectivity index (χ3v) is 5.65. The van der Waals surface area contributed by atoms with Gasteiger partial charge in [-0.15, -0.1) is 10.2 Å². The van der Waals surface area contributed by atoms with Crippen molar-refractivity contribution in [2.24, 2.45) is 11.0 Å². The molecule has 2 aromatic rings. The number of aryl methyl sites for hydroxylation is 1. The van der Waals surface area contributed by atoms with Gasteiger partial charge in [-0.1, -0.05) is 58.9 Å². The quantitative estimate of drug-likeness (QED) is 0.339. The minimum absolute atomic E-state index is 0.520. The van der Waals surface area contributed by atoms with Crippen LogP contribution in [0.1, 0.15) is 44.0 Å². The van der Waals surface area contributed by atoms with Gasteiger partial charge in [0.05, 0.1) is 0 Å². The SMILES string of the molecule is CCCc1nnc(SCc2ccc(Br)cc2)n1/N=C\[C@H]1CC=CCC1. The van der Waals surface area contributed by atoms with Gasteiger partial charge >= 0.3 is 0 Å². The Bertz CT molecular complexity index is 736. The van der Waals surface area contributed by atoms with Gasteiger partial charge in [0, 0.05) is 22.9 Å². The summed E-state index contributed by atoms with van der Waals surface area (Å²) in [6.07, 6.45) is 11.9. The maximum atomic E-state index is 4.74. The first-order valence-corrected chi connectivity index (χ1v) is 10.5. The number of hydrogen-bond acceptors (Lipinski definition) is 4. The number of halogens is 1. The van der Waals surface area contributed by atoms with E-state index in [0.29, 0.717) is 5.92 Å². The predicted octanol–water partition coefficient (Wildman–Crippen LogP) is 5.48. The van der Waals surface area contributed by atoms with Crippen LogP contribution in [0.3, 0.4) is 0 Å². The van der Waals surface area contributed by atoms with Crippen molar-refractivity contribution in [1.82, 2.24) is 14.9 Å². The minimum atomic E-state index is 0.520. The van der Waals surface area contributed by atoms with E-state index in [2.05, 4.69) is 75.7 Å². The van der Waals surface area contributed by atoms with Crippen molar-refractivity contribution >= 4 is 33.9 Å². The first-order valence-electron chi connectivity index (χ1n) is 8.77. The summed E-state index contributed by atoms with van der Waals surface area (Å²) in [6, 6.07) is 8.39. The summed E-state index contributed by atoms with van der Waals surface area (Å²) >= 11 is 5.16. The van der Waals surface area contributed by atoms with Crippen molar-refractivity contribution < 1.29 is 0 Å². The molecule has 132 valence electrons. The molecule has 1 aromatic carbocycles. The van der Waals surface area contributed by atoms with Crippen molar-refractivity contribution in [3.63, 3.8) is 0 Å². The Balaban J connectivity index is 1.72. The molecule has 0 saturated heterocycles. The summed E-state index contributed by atoms with van der Waals surface area (Å²) < 4.78 is 3.03. The van der Waals surface area contributed by atoms with E-state index in [1.165, 1.54) is 12.0 Å². The topological polar surface area (TPSA) is 43.1 Å². The van der Waals surface area contributed by atoms with Gasteiger partial charge in [0.15, 0.2) is 5.82 Å². The second kappa shape index (κ2) is 9.34. The van der Waals surface area contributed by atoms with Crippen LogP contribution in [0.2, 0.25) is 0 Å². The lowest BCUT2D eigenvalue weighted by Crippen LogP contribution is -2.07. The predicted molar refractivity (Wildman–Crippen MR) is 108 cm³/mol. The van der Waals surface area contributed by atoms with Crippen LogP contribution in [0.25, 0.3) is 0 Å². The van der Waals surface area contributed by atoms with E-state index in [9.17, 15) is 0 Å². The summed E-state index contributed by atoms with van der Waals surface area (Å²) in [5, 5.41) is 14.3. The van der Waals surface area contributed by atoms with E-state index < -0.39 is 0 Å². The summed E-state index contributed by atoms with van der Waals surface area (Å²) in [7, 11) is 0. The zero-order valence-corrected chi connectivity index (χ0v) is 16.8. The molecular weight excluding hydrogens is 396 g/mol. The van der Waals surface area contributed by atoms with Crippen molar-refractivity contribution in [1.29, 1.82) is 0 Å². The van der Waals surface area contributed by atoms with E-state index in [1.807, 2.05) is 4.68 Å². The molecule has 0 radical (unpaired) electrons. The number of benzene rings is 1. The van der Waals surface area contributed by atoms with Crippen LogP contribution < -0.4 is 0 Å². The third-order valence-electron chi connectivity index (χ3n) is 4.13. The molecule has 0 amide bonds. The Kier molecular flexibility index (Phi) is 6.87. The minimum Gasteiger partial charge on any atom is -0.192 e. The Hall–Kier alpha value is -1.40. The van der Waals surface area contributed by atoms with E-state index in [-0.39, 0.29) is 0 Å². The van der Waals surface area contributed by atoms with Crippen molar-refractivity contribution in [2.75, 3.05) is 0 Å². The van der Waals surface area contributed by atoms with Crippen LogP contribution in [0.4, 0.5) is 0 Å². The summed E-state index contributed by atoms with van der Waals surface area (Å²) in [5.74, 6) is 2.33. The molecule has 0 bridgehead atoms. The van der Waals surface area contributed by atoms with Gasteiger partial charge in [-0.2, -0.15) is 9.78 Å². The zero-order chi connectivity index (χ0) is 17.5. The number of nitrogens with zero attached hydrogens (tertiary/aromatic N) is 4. The molecule has 1 heterocycles. The maximum Gasteiger partial charge on any atom is 0.212 e. The highest BCUT2D eigenvalue weighted by Crippen LogP contribution is 2.24. The Labute approximate surface area is 161 Å². The van der Waals surface area contributed by atoms with Crippen molar-refractivity contribution in [3.8, 4) is 0 Å². The number of aromatic nitrogens is 3. The zero-order valence-electron chi connectivity index (χ0n) is 14.4. The van der Waals surface area contributed by atoms with E-state index >= 15 is 0 Å². The number of hydrogen-bond donors (Lipinski definition) is 0. The van der Waals surface area contributed by atoms with Crippen molar-refractivity contribution in [2.45, 2.75) is 49.9 Å². The highest BCUT2D eigenvalue weighted by atomic mass is 79.9. The number of thioether (sulfide) groups is 1. The number of allylic oxidation sites excluding steroid dienone is 2. The van der Waals surface area contributed by atoms with Crippen LogP contribution in [-0.2, 0) is 12.2 Å². The summed E-state index contributed by atoms with van der Waals surface area (Å²) in [5.41, 5.74) is 1.26. The second-order valence-electron chi connectivity index (χ2n) is 6.18. The lowest BCUT2D eigenvalue weighted by Gasteiger charge is -2.12. The molecule has 1 atom stereocenters. The fourth-order valence-electron chi connectivity index (χ4n) is 2.72. The molecule has 0 saturated carbocycles. The van der Waals surface area contributed by atoms with Crippen LogP contribution in [0, 0.1) is 5.92 Å². The van der Waals surface area contributed by atoms with E-state index in [1.54, 1.807) is 11.8 Å². The van der Waals surface area contributed by atoms with Gasteiger partial charge in [-0.3, -0.25) is 0 Å². The Morgan fingerprint density at radius 3 is 2.84 bits per heavy atom. The first kappa shape index (κ1) is 18.4. The molecule has 1 aliphatic carbocycles. The first-order chi connectivity index (χ1) is 12.3. The maximum absolute atomic E-state index is 4.74. The highest BCUT2D eigenvalue weighted by molar-refractivity contribution is 9.10. The monoisotopic (exact) mass is 418 g/mol. The van der Waals surface area contributed by atoms with E-state index in [0.717, 1.165) is 46.9 Å². The second-order valence-corrected chi connectivity index (χ2v) is 8.04. The molecule has 0 aliphatic heterocycles. The van der Waals surface area contributed by atoms with Crippen LogP contribution >= 0.6 is 27.7 Å². The molecule has 25 heavy (non-hydrogen) atoms. The van der Waals surface area contributed by atoms with Gasteiger partial charge in [0.2, 0.25) is 5.16 Å². The van der Waals surface area contributed by atoms with Crippen molar-refractivity contribution in [3.05, 3.63) is 52.3 Å². The normalized spacial score (nSPS) is 17.4. The van der Waals surface area contributed by atoms with E-state index in [4.69, 9.17) is 5.10 Å². The lowest BCUT2D eigenvalue weighted by atomic mass is 9.96. The molecule has 0 fully saturated rings. The average molecular weight is 419 g/mol. The van der Waals surface area contributed by atoms with Crippen LogP contribution in [-0.4, -0.2) is 21.1 Å². The Morgan fingerprint density at radius 2 is 2.12 bits per heavy atom. The summed E-state index contributed by atoms with van der Waals surface area (Å²) in [6.45, 7) is 2.16. The molecule has 6 heteroatoms. The van der Waals surface area contributed by atoms with Crippen LogP contribution in [0.5, 0.6) is 0 Å². The molecule has 1 aromatic heterocycles. The van der Waals surface area contributed by atoms with Gasteiger partial charge in [0.1, 0.15) is 0 Å². The number of rotatable bonds is 7. The molecule has 0 N–H and O–H groups in total. The van der Waals surface area contributed by atoms with Gasteiger partial charge in [0.25, 0.3) is 0 Å². The largest absolute Gasteiger partial charge is 0.212 e. The van der Waals surface area contributed by atoms with Gasteiger partial charge < -0.3 is 0 Å². The fourth-order valence-corrected chi connectivity index (χ4v) is 3.85. The molecular formula is C19H23BrN4S. The molecule has 0 unspecified atom stereocenters. The molecule has 1 aliphatic rings. The smallest absolute Gasteiger partial charge is 0.192 e. The Morgan fingerprint density at radius 1 is 1.28 bits per heavy atom. The average Bonchev–Trinajstić information content (AvgIpc) is 3.02. The van der Waals surface area contributed by atoms with Crippen LogP contribution in [0.15, 0.2) is 51.1 Å². The van der Waals surface area contributed by atoms with Gasteiger partial charge in [-0.05, 0) is 49.3 Å². The molecule has 0 spiro atoms. The lowest BCUT2D eigenvalue weighted by molar-refractivity contribution is 0.614. The fraction of sp³-hybridized carbons (Fsp3) is 0.421. The highest BCUT2D eigenvalue weighted by Gasteiger charge is 2.13. The molecule has 4 nitrogen and oxygen atoms in total. The third kappa shape index (κ3) is 5.28. The standard InChI is InChI=1S/C19H23BrN4S/c1-2-6-18-22-23-19(25-14-16-9-11-17(20)12-10-16)24(18)21-13-15-7-4-3-5-8-15/h3-4,9-13,15H,2,5-8,14H2,1H3/b21-13-/t15-/m0/s1.